The van der Waals surface area contributed by atoms with Crippen molar-refractivity contribution in [3.8, 4) is 11.1 Å². The molecule has 1 fully saturated rings. The third kappa shape index (κ3) is 3.23. The summed E-state index contributed by atoms with van der Waals surface area (Å²) in [5.74, 6) is -0.169. The average molecular weight is 320 g/mol. The number of rotatable bonds is 4. The van der Waals surface area contributed by atoms with E-state index in [1.165, 1.54) is 12.8 Å². The van der Waals surface area contributed by atoms with Gasteiger partial charge in [-0.2, -0.15) is 0 Å². The fourth-order valence-electron chi connectivity index (χ4n) is 2.08. The molecule has 0 saturated heterocycles. The van der Waals surface area contributed by atoms with E-state index >= 15 is 0 Å². The van der Waals surface area contributed by atoms with Crippen LogP contribution in [0.3, 0.4) is 0 Å². The van der Waals surface area contributed by atoms with Crippen LogP contribution in [0.2, 0.25) is 0 Å². The van der Waals surface area contributed by atoms with Crippen LogP contribution in [0.1, 0.15) is 18.4 Å². The Morgan fingerprint density at radius 1 is 1.11 bits per heavy atom. The molecular formula is C16H15BrFN. The zero-order valence-electron chi connectivity index (χ0n) is 10.5. The third-order valence-electron chi connectivity index (χ3n) is 3.36. The van der Waals surface area contributed by atoms with Gasteiger partial charge in [0.2, 0.25) is 0 Å². The quantitative estimate of drug-likeness (QED) is 0.874. The second-order valence-electron chi connectivity index (χ2n) is 4.98. The van der Waals surface area contributed by atoms with Gasteiger partial charge in [-0.25, -0.2) is 4.39 Å². The highest BCUT2D eigenvalue weighted by Crippen LogP contribution is 2.26. The zero-order chi connectivity index (χ0) is 13.2. The molecule has 0 aliphatic heterocycles. The second kappa shape index (κ2) is 5.43. The van der Waals surface area contributed by atoms with E-state index < -0.39 is 0 Å². The molecule has 98 valence electrons. The smallest absolute Gasteiger partial charge is 0.131 e. The van der Waals surface area contributed by atoms with Crippen LogP contribution in [0.4, 0.5) is 4.39 Å². The molecule has 2 aromatic carbocycles. The first kappa shape index (κ1) is 12.8. The molecular weight excluding hydrogens is 305 g/mol. The van der Waals surface area contributed by atoms with E-state index in [4.69, 9.17) is 0 Å². The monoisotopic (exact) mass is 319 g/mol. The van der Waals surface area contributed by atoms with Crippen molar-refractivity contribution in [1.82, 2.24) is 5.32 Å². The van der Waals surface area contributed by atoms with Crippen LogP contribution in [-0.2, 0) is 6.54 Å². The largest absolute Gasteiger partial charge is 0.310 e. The van der Waals surface area contributed by atoms with Gasteiger partial charge in [0.25, 0.3) is 0 Å². The van der Waals surface area contributed by atoms with Gasteiger partial charge in [-0.3, -0.25) is 0 Å². The highest BCUT2D eigenvalue weighted by molar-refractivity contribution is 9.10. The molecule has 1 aliphatic carbocycles. The molecule has 0 atom stereocenters. The molecule has 1 aliphatic rings. The molecule has 0 aromatic heterocycles. The van der Waals surface area contributed by atoms with Crippen molar-refractivity contribution < 1.29 is 4.39 Å². The molecule has 0 unspecified atom stereocenters. The summed E-state index contributed by atoms with van der Waals surface area (Å²) in [6.45, 7) is 0.814. The van der Waals surface area contributed by atoms with Crippen molar-refractivity contribution in [1.29, 1.82) is 0 Å². The van der Waals surface area contributed by atoms with Gasteiger partial charge >= 0.3 is 0 Å². The van der Waals surface area contributed by atoms with E-state index in [2.05, 4.69) is 21.2 Å². The van der Waals surface area contributed by atoms with Gasteiger partial charge in [-0.15, -0.1) is 0 Å². The fraction of sp³-hybridized carbons (Fsp3) is 0.250. The Morgan fingerprint density at radius 2 is 1.84 bits per heavy atom. The van der Waals surface area contributed by atoms with Gasteiger partial charge in [0, 0.05) is 22.6 Å². The number of hydrogen-bond donors (Lipinski definition) is 1. The normalized spacial score (nSPS) is 14.6. The lowest BCUT2D eigenvalue weighted by molar-refractivity contribution is 0.628. The second-order valence-corrected chi connectivity index (χ2v) is 5.89. The van der Waals surface area contributed by atoms with Crippen LogP contribution < -0.4 is 5.32 Å². The third-order valence-corrected chi connectivity index (χ3v) is 3.89. The highest BCUT2D eigenvalue weighted by atomic mass is 79.9. The van der Waals surface area contributed by atoms with Crippen molar-refractivity contribution >= 4 is 15.9 Å². The standard InChI is InChI=1S/C16H15BrFN/c17-13-4-2-12(3-5-13)15-9-11(1-8-16(15)18)10-19-14-6-7-14/h1-5,8-9,14,19H,6-7,10H2. The summed E-state index contributed by atoms with van der Waals surface area (Å²) in [6.07, 6.45) is 2.53. The van der Waals surface area contributed by atoms with Crippen LogP contribution in [0.5, 0.6) is 0 Å². The number of halogens is 2. The summed E-state index contributed by atoms with van der Waals surface area (Å²) >= 11 is 3.39. The first-order valence-electron chi connectivity index (χ1n) is 6.50. The summed E-state index contributed by atoms with van der Waals surface area (Å²) in [7, 11) is 0. The number of hydrogen-bond acceptors (Lipinski definition) is 1. The molecule has 19 heavy (non-hydrogen) atoms. The van der Waals surface area contributed by atoms with Gasteiger partial charge in [0.05, 0.1) is 0 Å². The van der Waals surface area contributed by atoms with E-state index in [0.717, 1.165) is 22.1 Å². The molecule has 1 nitrogen and oxygen atoms in total. The molecule has 3 heteroatoms. The van der Waals surface area contributed by atoms with Gasteiger partial charge in [0.1, 0.15) is 5.82 Å². The zero-order valence-corrected chi connectivity index (χ0v) is 12.1. The van der Waals surface area contributed by atoms with Gasteiger partial charge in [-0.1, -0.05) is 34.1 Å². The predicted octanol–water partition coefficient (Wildman–Crippen LogP) is 4.51. The van der Waals surface area contributed by atoms with E-state index in [9.17, 15) is 4.39 Å². The predicted molar refractivity (Wildman–Crippen MR) is 79.4 cm³/mol. The molecule has 0 bridgehead atoms. The summed E-state index contributed by atoms with van der Waals surface area (Å²) in [5, 5.41) is 3.45. The van der Waals surface area contributed by atoms with Crippen LogP contribution in [0.15, 0.2) is 46.9 Å². The Hall–Kier alpha value is -1.19. The maximum atomic E-state index is 13.9. The van der Waals surface area contributed by atoms with Gasteiger partial charge < -0.3 is 5.32 Å². The minimum absolute atomic E-state index is 0.169. The van der Waals surface area contributed by atoms with Gasteiger partial charge in [0.15, 0.2) is 0 Å². The Labute approximate surface area is 121 Å². The van der Waals surface area contributed by atoms with Crippen molar-refractivity contribution in [3.05, 3.63) is 58.3 Å². The molecule has 2 aromatic rings. The molecule has 1 N–H and O–H groups in total. The molecule has 0 spiro atoms. The van der Waals surface area contributed by atoms with E-state index in [0.29, 0.717) is 11.6 Å². The average Bonchev–Trinajstić information content (AvgIpc) is 3.23. The Bertz CT molecular complexity index is 576. The van der Waals surface area contributed by atoms with Crippen molar-refractivity contribution in [2.75, 3.05) is 0 Å². The first-order chi connectivity index (χ1) is 9.22. The highest BCUT2D eigenvalue weighted by Gasteiger charge is 2.20. The lowest BCUT2D eigenvalue weighted by Crippen LogP contribution is -2.15. The maximum absolute atomic E-state index is 13.9. The van der Waals surface area contributed by atoms with Crippen molar-refractivity contribution in [2.45, 2.75) is 25.4 Å². The van der Waals surface area contributed by atoms with Crippen LogP contribution in [0.25, 0.3) is 11.1 Å². The minimum Gasteiger partial charge on any atom is -0.310 e. The van der Waals surface area contributed by atoms with Crippen molar-refractivity contribution in [3.63, 3.8) is 0 Å². The lowest BCUT2D eigenvalue weighted by atomic mass is 10.0. The summed E-state index contributed by atoms with van der Waals surface area (Å²) in [6, 6.07) is 13.7. The summed E-state index contributed by atoms with van der Waals surface area (Å²) < 4.78 is 14.9. The van der Waals surface area contributed by atoms with E-state index in [-0.39, 0.29) is 5.82 Å². The molecule has 0 heterocycles. The Kier molecular flexibility index (Phi) is 3.67. The molecule has 0 amide bonds. The summed E-state index contributed by atoms with van der Waals surface area (Å²) in [4.78, 5) is 0. The molecule has 0 radical (unpaired) electrons. The number of benzene rings is 2. The van der Waals surface area contributed by atoms with Crippen LogP contribution >= 0.6 is 15.9 Å². The van der Waals surface area contributed by atoms with Crippen LogP contribution in [0, 0.1) is 5.82 Å². The first-order valence-corrected chi connectivity index (χ1v) is 7.29. The Morgan fingerprint density at radius 3 is 2.53 bits per heavy atom. The van der Waals surface area contributed by atoms with E-state index in [1.54, 1.807) is 6.07 Å². The Balaban J connectivity index is 1.85. The van der Waals surface area contributed by atoms with Crippen LogP contribution in [-0.4, -0.2) is 6.04 Å². The maximum Gasteiger partial charge on any atom is 0.131 e. The van der Waals surface area contributed by atoms with Crippen molar-refractivity contribution in [2.24, 2.45) is 0 Å². The number of nitrogens with one attached hydrogen (secondary N) is 1. The SMILES string of the molecule is Fc1ccc(CNC2CC2)cc1-c1ccc(Br)cc1. The fourth-order valence-corrected chi connectivity index (χ4v) is 2.35. The van der Waals surface area contributed by atoms with Gasteiger partial charge in [-0.05, 0) is 48.2 Å². The van der Waals surface area contributed by atoms with E-state index in [1.807, 2.05) is 36.4 Å². The topological polar surface area (TPSA) is 12.0 Å². The summed E-state index contributed by atoms with van der Waals surface area (Å²) in [5.41, 5.74) is 2.71. The molecule has 1 saturated carbocycles. The molecule has 3 rings (SSSR count). The lowest BCUT2D eigenvalue weighted by Gasteiger charge is -2.08. The minimum atomic E-state index is -0.169.